The SMILES string of the molecule is CCC#CCSc1ccc(C)cc1. The fraction of sp³-hybridized carbons (Fsp3) is 0.333. The zero-order valence-electron chi connectivity index (χ0n) is 8.13. The number of thioether (sulfide) groups is 1. The van der Waals surface area contributed by atoms with Gasteiger partial charge in [0, 0.05) is 11.3 Å². The first kappa shape index (κ1) is 10.2. The number of rotatable bonds is 2. The lowest BCUT2D eigenvalue weighted by Gasteiger charge is -1.96. The molecule has 0 radical (unpaired) electrons. The number of hydrogen-bond donors (Lipinski definition) is 0. The van der Waals surface area contributed by atoms with Gasteiger partial charge in [-0.3, -0.25) is 0 Å². The fourth-order valence-electron chi connectivity index (χ4n) is 0.930. The van der Waals surface area contributed by atoms with Crippen LogP contribution in [0.15, 0.2) is 29.2 Å². The highest BCUT2D eigenvalue weighted by atomic mass is 32.2. The van der Waals surface area contributed by atoms with Gasteiger partial charge in [-0.2, -0.15) is 0 Å². The van der Waals surface area contributed by atoms with Crippen LogP contribution in [0.3, 0.4) is 0 Å². The Kier molecular flexibility index (Phi) is 4.49. The summed E-state index contributed by atoms with van der Waals surface area (Å²) in [6, 6.07) is 8.56. The predicted molar refractivity (Wildman–Crippen MR) is 60.0 cm³/mol. The molecule has 0 N–H and O–H groups in total. The quantitative estimate of drug-likeness (QED) is 0.508. The van der Waals surface area contributed by atoms with E-state index in [4.69, 9.17) is 0 Å². The first-order valence-corrected chi connectivity index (χ1v) is 5.46. The minimum Gasteiger partial charge on any atom is -0.113 e. The third-order valence-electron chi connectivity index (χ3n) is 1.63. The van der Waals surface area contributed by atoms with E-state index >= 15 is 0 Å². The van der Waals surface area contributed by atoms with Crippen LogP contribution in [0.2, 0.25) is 0 Å². The van der Waals surface area contributed by atoms with Gasteiger partial charge in [0.1, 0.15) is 0 Å². The minimum absolute atomic E-state index is 0.900. The van der Waals surface area contributed by atoms with Gasteiger partial charge < -0.3 is 0 Å². The number of benzene rings is 1. The lowest BCUT2D eigenvalue weighted by Crippen LogP contribution is -1.75. The van der Waals surface area contributed by atoms with Crippen LogP contribution in [0.5, 0.6) is 0 Å². The Morgan fingerprint density at radius 1 is 1.15 bits per heavy atom. The second-order valence-corrected chi connectivity index (χ2v) is 3.86. The molecule has 0 saturated heterocycles. The van der Waals surface area contributed by atoms with Gasteiger partial charge in [0.2, 0.25) is 0 Å². The Morgan fingerprint density at radius 3 is 2.46 bits per heavy atom. The zero-order chi connectivity index (χ0) is 9.52. The molecule has 0 aliphatic heterocycles. The summed E-state index contributed by atoms with van der Waals surface area (Å²) in [6.07, 6.45) is 0.953. The maximum Gasteiger partial charge on any atom is 0.0594 e. The highest BCUT2D eigenvalue weighted by Crippen LogP contribution is 2.17. The molecule has 13 heavy (non-hydrogen) atoms. The average Bonchev–Trinajstić information content (AvgIpc) is 2.15. The number of hydrogen-bond acceptors (Lipinski definition) is 1. The van der Waals surface area contributed by atoms with E-state index in [9.17, 15) is 0 Å². The van der Waals surface area contributed by atoms with Gasteiger partial charge >= 0.3 is 0 Å². The van der Waals surface area contributed by atoms with Crippen molar-refractivity contribution in [2.45, 2.75) is 25.2 Å². The summed E-state index contributed by atoms with van der Waals surface area (Å²) < 4.78 is 0. The van der Waals surface area contributed by atoms with Gasteiger partial charge in [0.15, 0.2) is 0 Å². The van der Waals surface area contributed by atoms with Crippen molar-refractivity contribution < 1.29 is 0 Å². The summed E-state index contributed by atoms with van der Waals surface area (Å²) in [7, 11) is 0. The van der Waals surface area contributed by atoms with Crippen LogP contribution in [0.4, 0.5) is 0 Å². The van der Waals surface area contributed by atoms with Crippen molar-refractivity contribution >= 4 is 11.8 Å². The number of aryl methyl sites for hydroxylation is 1. The molecule has 0 bridgehead atoms. The van der Waals surface area contributed by atoms with Crippen molar-refractivity contribution in [3.8, 4) is 11.8 Å². The lowest BCUT2D eigenvalue weighted by atomic mass is 10.2. The largest absolute Gasteiger partial charge is 0.113 e. The molecule has 0 aliphatic carbocycles. The molecule has 0 aromatic heterocycles. The molecule has 0 fully saturated rings. The smallest absolute Gasteiger partial charge is 0.0594 e. The van der Waals surface area contributed by atoms with Crippen LogP contribution in [-0.4, -0.2) is 5.75 Å². The molecule has 0 saturated carbocycles. The maximum atomic E-state index is 3.11. The molecule has 0 spiro atoms. The summed E-state index contributed by atoms with van der Waals surface area (Å²) >= 11 is 1.80. The van der Waals surface area contributed by atoms with Crippen molar-refractivity contribution in [3.63, 3.8) is 0 Å². The van der Waals surface area contributed by atoms with Gasteiger partial charge in [-0.05, 0) is 19.1 Å². The van der Waals surface area contributed by atoms with E-state index in [1.165, 1.54) is 10.5 Å². The van der Waals surface area contributed by atoms with Crippen LogP contribution in [0.1, 0.15) is 18.9 Å². The zero-order valence-corrected chi connectivity index (χ0v) is 8.95. The van der Waals surface area contributed by atoms with Crippen LogP contribution in [-0.2, 0) is 0 Å². The van der Waals surface area contributed by atoms with Gasteiger partial charge in [-0.1, -0.05) is 30.5 Å². The topological polar surface area (TPSA) is 0 Å². The highest BCUT2D eigenvalue weighted by molar-refractivity contribution is 7.99. The summed E-state index contributed by atoms with van der Waals surface area (Å²) in [5.41, 5.74) is 1.31. The Labute approximate surface area is 84.7 Å². The summed E-state index contributed by atoms with van der Waals surface area (Å²) in [6.45, 7) is 4.18. The summed E-state index contributed by atoms with van der Waals surface area (Å²) in [5, 5.41) is 0. The predicted octanol–water partition coefficient (Wildman–Crippen LogP) is 3.50. The molecule has 0 heterocycles. The average molecular weight is 190 g/mol. The van der Waals surface area contributed by atoms with E-state index in [1.807, 2.05) is 0 Å². The second kappa shape index (κ2) is 5.72. The summed E-state index contributed by atoms with van der Waals surface area (Å²) in [4.78, 5) is 1.30. The van der Waals surface area contributed by atoms with Gasteiger partial charge in [-0.15, -0.1) is 17.7 Å². The molecule has 0 amide bonds. The van der Waals surface area contributed by atoms with Crippen LogP contribution in [0.25, 0.3) is 0 Å². The molecule has 0 unspecified atom stereocenters. The van der Waals surface area contributed by atoms with E-state index in [1.54, 1.807) is 11.8 Å². The van der Waals surface area contributed by atoms with Crippen molar-refractivity contribution in [2.75, 3.05) is 5.75 Å². The molecule has 1 aromatic carbocycles. The Morgan fingerprint density at radius 2 is 1.85 bits per heavy atom. The maximum absolute atomic E-state index is 3.11. The van der Waals surface area contributed by atoms with Crippen molar-refractivity contribution in [2.24, 2.45) is 0 Å². The molecule has 68 valence electrons. The molecule has 1 aromatic rings. The molecule has 0 atom stereocenters. The van der Waals surface area contributed by atoms with Crippen LogP contribution in [0, 0.1) is 18.8 Å². The Hall–Kier alpha value is -0.870. The standard InChI is InChI=1S/C12H14S/c1-3-4-5-10-13-12-8-6-11(2)7-9-12/h6-9H,3,10H2,1-2H3. The van der Waals surface area contributed by atoms with Crippen molar-refractivity contribution in [1.82, 2.24) is 0 Å². The normalized spacial score (nSPS) is 9.08. The van der Waals surface area contributed by atoms with E-state index in [0.29, 0.717) is 0 Å². The monoisotopic (exact) mass is 190 g/mol. The first-order chi connectivity index (χ1) is 6.33. The van der Waals surface area contributed by atoms with Gasteiger partial charge in [0.25, 0.3) is 0 Å². The minimum atomic E-state index is 0.900. The van der Waals surface area contributed by atoms with Crippen molar-refractivity contribution in [1.29, 1.82) is 0 Å². The fourth-order valence-corrected chi connectivity index (χ4v) is 1.60. The van der Waals surface area contributed by atoms with Gasteiger partial charge in [-0.25, -0.2) is 0 Å². The molecular formula is C12H14S. The van der Waals surface area contributed by atoms with E-state index in [2.05, 4.69) is 50.0 Å². The Bertz CT molecular complexity index is 300. The Balaban J connectivity index is 2.41. The lowest BCUT2D eigenvalue weighted by molar-refractivity contribution is 1.28. The highest BCUT2D eigenvalue weighted by Gasteiger charge is 1.90. The van der Waals surface area contributed by atoms with Gasteiger partial charge in [0.05, 0.1) is 5.75 Å². The second-order valence-electron chi connectivity index (χ2n) is 2.81. The molecule has 1 heteroatoms. The summed E-state index contributed by atoms with van der Waals surface area (Å²) in [5.74, 6) is 7.07. The van der Waals surface area contributed by atoms with Crippen LogP contribution < -0.4 is 0 Å². The third-order valence-corrected chi connectivity index (χ3v) is 2.53. The molecule has 0 nitrogen and oxygen atoms in total. The molecule has 0 aliphatic rings. The molecule has 1 rings (SSSR count). The third kappa shape index (κ3) is 4.05. The van der Waals surface area contributed by atoms with E-state index in [-0.39, 0.29) is 0 Å². The van der Waals surface area contributed by atoms with Crippen molar-refractivity contribution in [3.05, 3.63) is 29.8 Å². The van der Waals surface area contributed by atoms with Crippen LogP contribution >= 0.6 is 11.8 Å². The first-order valence-electron chi connectivity index (χ1n) is 4.48. The van der Waals surface area contributed by atoms with E-state index in [0.717, 1.165) is 12.2 Å². The molecular weight excluding hydrogens is 176 g/mol. The van der Waals surface area contributed by atoms with E-state index < -0.39 is 0 Å².